The van der Waals surface area contributed by atoms with Crippen molar-refractivity contribution < 1.29 is 8.78 Å². The van der Waals surface area contributed by atoms with Gasteiger partial charge in [0.05, 0.1) is 5.02 Å². The van der Waals surface area contributed by atoms with Crippen molar-refractivity contribution >= 4 is 11.6 Å². The van der Waals surface area contributed by atoms with Gasteiger partial charge in [0.15, 0.2) is 0 Å². The first-order chi connectivity index (χ1) is 8.59. The maximum absolute atomic E-state index is 13.9. The molecular formula is C13H17ClF2N2. The van der Waals surface area contributed by atoms with Gasteiger partial charge in [-0.05, 0) is 25.0 Å². The summed E-state index contributed by atoms with van der Waals surface area (Å²) in [7, 11) is 0. The molecule has 1 aromatic rings. The van der Waals surface area contributed by atoms with E-state index in [4.69, 9.17) is 11.6 Å². The normalized spacial score (nSPS) is 17.1. The van der Waals surface area contributed by atoms with Gasteiger partial charge in [0, 0.05) is 38.3 Å². The molecule has 0 radical (unpaired) electrons. The van der Waals surface area contributed by atoms with Crippen molar-refractivity contribution in [1.82, 2.24) is 10.2 Å². The second kappa shape index (κ2) is 5.95. The first-order valence-electron chi connectivity index (χ1n) is 6.15. The van der Waals surface area contributed by atoms with Crippen LogP contribution in [0.2, 0.25) is 5.02 Å². The average molecular weight is 275 g/mol. The molecule has 1 aliphatic heterocycles. The van der Waals surface area contributed by atoms with Crippen molar-refractivity contribution in [3.8, 4) is 0 Å². The molecule has 0 atom stereocenters. The van der Waals surface area contributed by atoms with E-state index in [-0.39, 0.29) is 10.6 Å². The Labute approximate surface area is 111 Å². The summed E-state index contributed by atoms with van der Waals surface area (Å²) in [6.45, 7) is 5.97. The monoisotopic (exact) mass is 274 g/mol. The number of nitrogens with one attached hydrogen (secondary N) is 1. The van der Waals surface area contributed by atoms with Crippen molar-refractivity contribution in [3.63, 3.8) is 0 Å². The topological polar surface area (TPSA) is 15.3 Å². The molecule has 5 heteroatoms. The van der Waals surface area contributed by atoms with E-state index in [2.05, 4.69) is 10.2 Å². The van der Waals surface area contributed by atoms with E-state index in [1.807, 2.05) is 0 Å². The number of benzene rings is 1. The van der Waals surface area contributed by atoms with Gasteiger partial charge in [0.2, 0.25) is 0 Å². The van der Waals surface area contributed by atoms with Gasteiger partial charge >= 0.3 is 0 Å². The van der Waals surface area contributed by atoms with Crippen molar-refractivity contribution in [2.75, 3.05) is 32.7 Å². The zero-order valence-corrected chi connectivity index (χ0v) is 11.2. The van der Waals surface area contributed by atoms with Gasteiger partial charge < -0.3 is 10.2 Å². The molecule has 0 unspecified atom stereocenters. The molecule has 0 amide bonds. The number of halogens is 3. The minimum Gasteiger partial charge on any atom is -0.314 e. The highest BCUT2D eigenvalue weighted by Gasteiger charge is 2.17. The summed E-state index contributed by atoms with van der Waals surface area (Å²) in [5.41, 5.74) is 0.509. The molecule has 2 rings (SSSR count). The van der Waals surface area contributed by atoms with Gasteiger partial charge in [-0.1, -0.05) is 11.6 Å². The maximum atomic E-state index is 13.9. The molecule has 0 bridgehead atoms. The summed E-state index contributed by atoms with van der Waals surface area (Å²) in [5, 5.41) is 3.25. The highest BCUT2D eigenvalue weighted by molar-refractivity contribution is 6.30. The Hall–Kier alpha value is -0.710. The van der Waals surface area contributed by atoms with Crippen LogP contribution in [-0.4, -0.2) is 37.6 Å². The second-order valence-corrected chi connectivity index (χ2v) is 5.03. The van der Waals surface area contributed by atoms with E-state index >= 15 is 0 Å². The number of aryl methyl sites for hydroxylation is 1. The first kappa shape index (κ1) is 13.7. The predicted octanol–water partition coefficient (Wildman–Crippen LogP) is 2.37. The summed E-state index contributed by atoms with van der Waals surface area (Å²) in [4.78, 5) is 2.20. The zero-order chi connectivity index (χ0) is 13.1. The number of hydrogen-bond acceptors (Lipinski definition) is 2. The van der Waals surface area contributed by atoms with Gasteiger partial charge in [-0.15, -0.1) is 0 Å². The van der Waals surface area contributed by atoms with Crippen LogP contribution < -0.4 is 5.32 Å². The summed E-state index contributed by atoms with van der Waals surface area (Å²) < 4.78 is 27.7. The highest BCUT2D eigenvalue weighted by Crippen LogP contribution is 2.24. The third-order valence-electron chi connectivity index (χ3n) is 3.32. The van der Waals surface area contributed by atoms with Gasteiger partial charge in [0.25, 0.3) is 0 Å². The second-order valence-electron chi connectivity index (χ2n) is 4.62. The smallest absolute Gasteiger partial charge is 0.147 e. The van der Waals surface area contributed by atoms with Crippen molar-refractivity contribution in [3.05, 3.63) is 33.9 Å². The molecular weight excluding hydrogens is 258 g/mol. The molecule has 2 nitrogen and oxygen atoms in total. The van der Waals surface area contributed by atoms with E-state index < -0.39 is 11.6 Å². The lowest BCUT2D eigenvalue weighted by atomic mass is 10.1. The summed E-state index contributed by atoms with van der Waals surface area (Å²) in [6.07, 6.45) is 0.360. The third kappa shape index (κ3) is 2.99. The molecule has 0 aliphatic carbocycles. The van der Waals surface area contributed by atoms with Crippen LogP contribution in [0.1, 0.15) is 11.1 Å². The van der Waals surface area contributed by atoms with Gasteiger partial charge in [-0.3, -0.25) is 0 Å². The molecule has 0 saturated carbocycles. The first-order valence-corrected chi connectivity index (χ1v) is 6.53. The molecule has 0 aromatic heterocycles. The lowest BCUT2D eigenvalue weighted by molar-refractivity contribution is 0.242. The quantitative estimate of drug-likeness (QED) is 0.852. The Kier molecular flexibility index (Phi) is 4.54. The maximum Gasteiger partial charge on any atom is 0.147 e. The molecule has 1 heterocycles. The Bertz CT molecular complexity index is 405. The lowest BCUT2D eigenvalue weighted by Crippen LogP contribution is -2.44. The molecule has 100 valence electrons. The minimum absolute atomic E-state index is 0.00390. The Balaban J connectivity index is 2.08. The molecule has 1 aromatic carbocycles. The van der Waals surface area contributed by atoms with Crippen LogP contribution in [0.15, 0.2) is 6.07 Å². The van der Waals surface area contributed by atoms with E-state index in [9.17, 15) is 8.78 Å². The van der Waals surface area contributed by atoms with Crippen molar-refractivity contribution in [2.45, 2.75) is 13.3 Å². The fourth-order valence-corrected chi connectivity index (χ4v) is 2.50. The Morgan fingerprint density at radius 3 is 2.61 bits per heavy atom. The fourth-order valence-electron chi connectivity index (χ4n) is 2.22. The van der Waals surface area contributed by atoms with Crippen LogP contribution in [-0.2, 0) is 6.42 Å². The van der Waals surface area contributed by atoms with E-state index in [0.717, 1.165) is 26.2 Å². The number of nitrogens with zero attached hydrogens (tertiary/aromatic N) is 1. The van der Waals surface area contributed by atoms with E-state index in [1.54, 1.807) is 6.92 Å². The largest absolute Gasteiger partial charge is 0.314 e. The summed E-state index contributed by atoms with van der Waals surface area (Å²) in [6, 6.07) is 1.33. The van der Waals surface area contributed by atoms with Crippen LogP contribution >= 0.6 is 11.6 Å². The number of hydrogen-bond donors (Lipinski definition) is 1. The standard InChI is InChI=1S/C13H17ClF2N2/c1-9-8-11(14)13(16)10(12(9)15)2-5-18-6-3-17-4-7-18/h8,17H,2-7H2,1H3. The lowest BCUT2D eigenvalue weighted by Gasteiger charge is -2.27. The summed E-state index contributed by atoms with van der Waals surface area (Å²) >= 11 is 5.75. The molecule has 0 spiro atoms. The molecule has 18 heavy (non-hydrogen) atoms. The van der Waals surface area contributed by atoms with E-state index in [1.165, 1.54) is 6.07 Å². The average Bonchev–Trinajstić information content (AvgIpc) is 2.38. The summed E-state index contributed by atoms with van der Waals surface area (Å²) in [5.74, 6) is -1.08. The molecule has 1 saturated heterocycles. The minimum atomic E-state index is -0.616. The van der Waals surface area contributed by atoms with E-state index in [0.29, 0.717) is 18.5 Å². The van der Waals surface area contributed by atoms with Crippen LogP contribution in [0.4, 0.5) is 8.78 Å². The molecule has 1 aliphatic rings. The Morgan fingerprint density at radius 2 is 1.94 bits per heavy atom. The van der Waals surface area contributed by atoms with Gasteiger partial charge in [0.1, 0.15) is 11.6 Å². The number of piperazine rings is 1. The molecule has 1 fully saturated rings. The van der Waals surface area contributed by atoms with Crippen molar-refractivity contribution in [1.29, 1.82) is 0 Å². The van der Waals surface area contributed by atoms with Crippen LogP contribution in [0.3, 0.4) is 0 Å². The van der Waals surface area contributed by atoms with Crippen LogP contribution in [0, 0.1) is 18.6 Å². The molecule has 1 N–H and O–H groups in total. The van der Waals surface area contributed by atoms with Gasteiger partial charge in [-0.25, -0.2) is 8.78 Å². The highest BCUT2D eigenvalue weighted by atomic mass is 35.5. The SMILES string of the molecule is Cc1cc(Cl)c(F)c(CCN2CCNCC2)c1F. The zero-order valence-electron chi connectivity index (χ0n) is 10.4. The van der Waals surface area contributed by atoms with Gasteiger partial charge in [-0.2, -0.15) is 0 Å². The predicted molar refractivity (Wildman–Crippen MR) is 69.1 cm³/mol. The van der Waals surface area contributed by atoms with Crippen molar-refractivity contribution in [2.24, 2.45) is 0 Å². The van der Waals surface area contributed by atoms with Crippen LogP contribution in [0.5, 0.6) is 0 Å². The third-order valence-corrected chi connectivity index (χ3v) is 3.59. The Morgan fingerprint density at radius 1 is 1.28 bits per heavy atom. The number of rotatable bonds is 3. The fraction of sp³-hybridized carbons (Fsp3) is 0.538. The van der Waals surface area contributed by atoms with Crippen LogP contribution in [0.25, 0.3) is 0 Å².